The number of amides is 2. The molecular formula is C26H29N3O5S. The minimum absolute atomic E-state index is 0.0525. The van der Waals surface area contributed by atoms with Crippen LogP contribution in [0, 0.1) is 0 Å². The molecule has 3 atom stereocenters. The van der Waals surface area contributed by atoms with Crippen LogP contribution in [0.15, 0.2) is 53.9 Å². The maximum absolute atomic E-state index is 13.0. The first-order chi connectivity index (χ1) is 16.9. The summed E-state index contributed by atoms with van der Waals surface area (Å²) in [5.41, 5.74) is 3.69. The van der Waals surface area contributed by atoms with Crippen molar-refractivity contribution in [3.63, 3.8) is 0 Å². The van der Waals surface area contributed by atoms with E-state index in [9.17, 15) is 24.9 Å². The maximum atomic E-state index is 13.0. The van der Waals surface area contributed by atoms with Gasteiger partial charge in [-0.3, -0.25) is 9.59 Å². The van der Waals surface area contributed by atoms with Crippen molar-refractivity contribution in [3.05, 3.63) is 81.3 Å². The van der Waals surface area contributed by atoms with Gasteiger partial charge in [0.25, 0.3) is 11.8 Å². The molecule has 2 amide bonds. The SMILES string of the molecule is CCC1c2ccccc2CCN1C(=O)[C@H](O)[C@@H](O)C(=O)NCc1nc(Cc2ccccc2O)cs1. The van der Waals surface area contributed by atoms with Crippen molar-refractivity contribution in [2.24, 2.45) is 0 Å². The molecule has 35 heavy (non-hydrogen) atoms. The predicted octanol–water partition coefficient (Wildman–Crippen LogP) is 2.31. The Morgan fingerprint density at radius 3 is 2.66 bits per heavy atom. The Morgan fingerprint density at radius 2 is 1.89 bits per heavy atom. The number of fused-ring (bicyclic) bond motifs is 1. The molecule has 0 fully saturated rings. The molecule has 1 aliphatic heterocycles. The third-order valence-corrected chi connectivity index (χ3v) is 7.18. The quantitative estimate of drug-likeness (QED) is 0.380. The molecular weight excluding hydrogens is 466 g/mol. The van der Waals surface area contributed by atoms with Crippen LogP contribution < -0.4 is 5.32 Å². The molecule has 0 spiro atoms. The van der Waals surface area contributed by atoms with Crippen LogP contribution >= 0.6 is 11.3 Å². The smallest absolute Gasteiger partial charge is 0.255 e. The van der Waals surface area contributed by atoms with E-state index < -0.39 is 24.0 Å². The van der Waals surface area contributed by atoms with E-state index in [0.717, 1.165) is 16.8 Å². The number of hydrogen-bond donors (Lipinski definition) is 4. The van der Waals surface area contributed by atoms with Crippen molar-refractivity contribution >= 4 is 23.2 Å². The Balaban J connectivity index is 1.34. The topological polar surface area (TPSA) is 123 Å². The fourth-order valence-electron chi connectivity index (χ4n) is 4.44. The summed E-state index contributed by atoms with van der Waals surface area (Å²) in [6.45, 7) is 2.43. The van der Waals surface area contributed by atoms with Gasteiger partial charge < -0.3 is 25.5 Å². The van der Waals surface area contributed by atoms with Gasteiger partial charge in [0, 0.05) is 18.3 Å². The third-order valence-electron chi connectivity index (χ3n) is 6.28. The number of hydrogen-bond acceptors (Lipinski definition) is 7. The van der Waals surface area contributed by atoms with Gasteiger partial charge in [0.1, 0.15) is 10.8 Å². The highest BCUT2D eigenvalue weighted by molar-refractivity contribution is 7.09. The molecule has 2 aromatic carbocycles. The van der Waals surface area contributed by atoms with Crippen LogP contribution in [-0.2, 0) is 29.0 Å². The second-order valence-electron chi connectivity index (χ2n) is 8.55. The summed E-state index contributed by atoms with van der Waals surface area (Å²) >= 11 is 1.34. The zero-order valence-electron chi connectivity index (χ0n) is 19.4. The van der Waals surface area contributed by atoms with Gasteiger partial charge in [0.15, 0.2) is 12.2 Å². The van der Waals surface area contributed by atoms with Gasteiger partial charge in [0.2, 0.25) is 0 Å². The number of aliphatic hydroxyl groups is 2. The van der Waals surface area contributed by atoms with Crippen molar-refractivity contribution in [2.75, 3.05) is 6.54 Å². The lowest BCUT2D eigenvalue weighted by atomic mass is 9.90. The van der Waals surface area contributed by atoms with Crippen LogP contribution in [0.1, 0.15) is 46.8 Å². The summed E-state index contributed by atoms with van der Waals surface area (Å²) < 4.78 is 0. The van der Waals surface area contributed by atoms with Gasteiger partial charge >= 0.3 is 0 Å². The normalized spacial score (nSPS) is 16.9. The lowest BCUT2D eigenvalue weighted by Gasteiger charge is -2.38. The summed E-state index contributed by atoms with van der Waals surface area (Å²) in [5.74, 6) is -1.30. The van der Waals surface area contributed by atoms with E-state index in [1.165, 1.54) is 16.9 Å². The van der Waals surface area contributed by atoms with Gasteiger partial charge in [-0.25, -0.2) is 4.98 Å². The third kappa shape index (κ3) is 5.53. The van der Waals surface area contributed by atoms with Crippen LogP contribution in [0.3, 0.4) is 0 Å². The molecule has 0 saturated carbocycles. The number of phenols is 1. The lowest BCUT2D eigenvalue weighted by Crippen LogP contribution is -2.52. The van der Waals surface area contributed by atoms with Crippen molar-refractivity contribution in [2.45, 2.75) is 51.0 Å². The summed E-state index contributed by atoms with van der Waals surface area (Å²) in [6.07, 6.45) is -1.99. The van der Waals surface area contributed by atoms with E-state index >= 15 is 0 Å². The van der Waals surface area contributed by atoms with Crippen LogP contribution in [0.5, 0.6) is 5.75 Å². The number of nitrogens with zero attached hydrogens (tertiary/aromatic N) is 2. The summed E-state index contributed by atoms with van der Waals surface area (Å²) in [6, 6.07) is 14.7. The molecule has 1 aliphatic rings. The van der Waals surface area contributed by atoms with Crippen molar-refractivity contribution in [1.29, 1.82) is 0 Å². The standard InChI is InChI=1S/C26H29N3O5S/c1-2-20-19-9-5-3-7-16(19)11-12-29(20)26(34)24(32)23(31)25(33)27-14-22-28-18(15-35-22)13-17-8-4-6-10-21(17)30/h3-10,15,20,23-24,30-32H,2,11-14H2,1H3,(H,27,33)/t20?,23-,24-/m1/s1. The molecule has 0 bridgehead atoms. The zero-order chi connectivity index (χ0) is 24.9. The molecule has 1 aromatic heterocycles. The molecule has 9 heteroatoms. The fourth-order valence-corrected chi connectivity index (χ4v) is 5.17. The molecule has 0 aliphatic carbocycles. The monoisotopic (exact) mass is 495 g/mol. The van der Waals surface area contributed by atoms with Gasteiger partial charge in [-0.2, -0.15) is 0 Å². The molecule has 4 rings (SSSR count). The summed E-state index contributed by atoms with van der Waals surface area (Å²) in [7, 11) is 0. The van der Waals surface area contributed by atoms with Gasteiger partial charge in [-0.1, -0.05) is 49.4 Å². The number of nitrogens with one attached hydrogen (secondary N) is 1. The fraction of sp³-hybridized carbons (Fsp3) is 0.346. The molecule has 8 nitrogen and oxygen atoms in total. The van der Waals surface area contributed by atoms with Gasteiger partial charge in [-0.05, 0) is 35.6 Å². The average molecular weight is 496 g/mol. The van der Waals surface area contributed by atoms with E-state index in [-0.39, 0.29) is 18.3 Å². The zero-order valence-corrected chi connectivity index (χ0v) is 20.2. The Hall–Kier alpha value is -3.27. The first-order valence-electron chi connectivity index (χ1n) is 11.6. The molecule has 2 heterocycles. The Bertz CT molecular complexity index is 1200. The second kappa shape index (κ2) is 11.0. The largest absolute Gasteiger partial charge is 0.508 e. The van der Waals surface area contributed by atoms with E-state index in [0.29, 0.717) is 30.8 Å². The number of aromatic hydroxyl groups is 1. The predicted molar refractivity (Wildman–Crippen MR) is 132 cm³/mol. The number of rotatable bonds is 8. The number of thiazole rings is 1. The number of para-hydroxylation sites is 1. The molecule has 0 saturated heterocycles. The first kappa shape index (κ1) is 24.8. The Morgan fingerprint density at radius 1 is 1.14 bits per heavy atom. The minimum Gasteiger partial charge on any atom is -0.508 e. The van der Waals surface area contributed by atoms with E-state index in [1.54, 1.807) is 17.0 Å². The molecule has 0 radical (unpaired) electrons. The Kier molecular flexibility index (Phi) is 7.80. The second-order valence-corrected chi connectivity index (χ2v) is 9.49. The number of phenolic OH excluding ortho intramolecular Hbond substituents is 1. The van der Waals surface area contributed by atoms with E-state index in [1.807, 2.05) is 48.7 Å². The first-order valence-corrected chi connectivity index (χ1v) is 12.5. The summed E-state index contributed by atoms with van der Waals surface area (Å²) in [5, 5.41) is 35.8. The molecule has 3 aromatic rings. The van der Waals surface area contributed by atoms with Crippen molar-refractivity contribution in [3.8, 4) is 5.75 Å². The number of carbonyl (C=O) groups excluding carboxylic acids is 2. The molecule has 184 valence electrons. The summed E-state index contributed by atoms with van der Waals surface area (Å²) in [4.78, 5) is 31.5. The number of aromatic nitrogens is 1. The average Bonchev–Trinajstić information content (AvgIpc) is 3.33. The highest BCUT2D eigenvalue weighted by Crippen LogP contribution is 2.32. The maximum Gasteiger partial charge on any atom is 0.255 e. The minimum atomic E-state index is -1.89. The number of benzene rings is 2. The molecule has 1 unspecified atom stereocenters. The Labute approximate surface area is 207 Å². The number of aliphatic hydroxyl groups excluding tert-OH is 2. The highest BCUT2D eigenvalue weighted by atomic mass is 32.1. The van der Waals surface area contributed by atoms with Crippen molar-refractivity contribution < 1.29 is 24.9 Å². The van der Waals surface area contributed by atoms with Gasteiger partial charge in [0.05, 0.1) is 18.3 Å². The van der Waals surface area contributed by atoms with Gasteiger partial charge in [-0.15, -0.1) is 11.3 Å². The number of carbonyl (C=O) groups is 2. The van der Waals surface area contributed by atoms with E-state index in [2.05, 4.69) is 10.3 Å². The van der Waals surface area contributed by atoms with Crippen LogP contribution in [0.2, 0.25) is 0 Å². The highest BCUT2D eigenvalue weighted by Gasteiger charge is 2.37. The van der Waals surface area contributed by atoms with Crippen LogP contribution in [-0.4, -0.2) is 55.8 Å². The molecule has 4 N–H and O–H groups in total. The van der Waals surface area contributed by atoms with Crippen LogP contribution in [0.25, 0.3) is 0 Å². The lowest BCUT2D eigenvalue weighted by molar-refractivity contribution is -0.155. The van der Waals surface area contributed by atoms with E-state index in [4.69, 9.17) is 0 Å². The van der Waals surface area contributed by atoms with Crippen LogP contribution in [0.4, 0.5) is 0 Å². The van der Waals surface area contributed by atoms with Crippen molar-refractivity contribution in [1.82, 2.24) is 15.2 Å².